The lowest BCUT2D eigenvalue weighted by Crippen LogP contribution is -2.16. The molecule has 7 heteroatoms. The van der Waals surface area contributed by atoms with Gasteiger partial charge >= 0.3 is 5.97 Å². The van der Waals surface area contributed by atoms with Gasteiger partial charge in [0.25, 0.3) is 0 Å². The van der Waals surface area contributed by atoms with Gasteiger partial charge < -0.3 is 10.0 Å². The summed E-state index contributed by atoms with van der Waals surface area (Å²) < 4.78 is 38.7. The van der Waals surface area contributed by atoms with Crippen molar-refractivity contribution in [2.75, 3.05) is 17.7 Å². The van der Waals surface area contributed by atoms with E-state index >= 15 is 0 Å². The van der Waals surface area contributed by atoms with Crippen molar-refractivity contribution in [3.63, 3.8) is 0 Å². The van der Waals surface area contributed by atoms with Crippen LogP contribution in [0.2, 0.25) is 0 Å². The molecule has 0 fully saturated rings. The van der Waals surface area contributed by atoms with Gasteiger partial charge in [0, 0.05) is 12.7 Å². The Balaban J connectivity index is 1.96. The first-order valence-electron chi connectivity index (χ1n) is 9.24. The van der Waals surface area contributed by atoms with Crippen LogP contribution in [0.25, 0.3) is 11.1 Å². The number of aryl methyl sites for hydroxylation is 1. The fourth-order valence-electron chi connectivity index (χ4n) is 3.26. The molecule has 0 saturated heterocycles. The molecule has 1 N–H and O–H groups in total. The molecule has 0 saturated carbocycles. The van der Waals surface area contributed by atoms with Crippen LogP contribution in [0.3, 0.4) is 0 Å². The third-order valence-corrected chi connectivity index (χ3v) is 6.74. The highest BCUT2D eigenvalue weighted by molar-refractivity contribution is 7.92. The summed E-state index contributed by atoms with van der Waals surface area (Å²) in [6.45, 7) is 4.04. The van der Waals surface area contributed by atoms with Crippen LogP contribution < -0.4 is 4.90 Å². The number of nitrogens with zero attached hydrogens (tertiary/aromatic N) is 1. The van der Waals surface area contributed by atoms with Crippen LogP contribution in [-0.4, -0.2) is 32.3 Å². The van der Waals surface area contributed by atoms with Crippen LogP contribution in [0.1, 0.15) is 11.1 Å². The first kappa shape index (κ1) is 21.5. The Labute approximate surface area is 175 Å². The molecule has 30 heavy (non-hydrogen) atoms. The van der Waals surface area contributed by atoms with Gasteiger partial charge in [-0.25, -0.2) is 12.8 Å². The number of aliphatic carboxylic acids is 1. The van der Waals surface area contributed by atoms with Gasteiger partial charge in [-0.2, -0.15) is 0 Å². The second-order valence-corrected chi connectivity index (χ2v) is 9.11. The summed E-state index contributed by atoms with van der Waals surface area (Å²) in [4.78, 5) is 12.3. The van der Waals surface area contributed by atoms with Crippen LogP contribution in [0.4, 0.5) is 15.8 Å². The molecular formula is C23H22FNO4S. The molecule has 5 nitrogen and oxygen atoms in total. The Hall–Kier alpha value is -3.19. The lowest BCUT2D eigenvalue weighted by Gasteiger charge is -2.22. The SMILES string of the molecule is Cc1cccc(-c2ccc(F)c(N(C)c3ccc(S(=O)(=O)CC(=O)O)cc3)c2)c1C. The number of carboxylic acid groups (broad SMARTS) is 1. The van der Waals surface area contributed by atoms with Gasteiger partial charge in [0.15, 0.2) is 15.6 Å². The van der Waals surface area contributed by atoms with Crippen molar-refractivity contribution in [1.29, 1.82) is 0 Å². The molecule has 0 radical (unpaired) electrons. The van der Waals surface area contributed by atoms with Crippen molar-refractivity contribution < 1.29 is 22.7 Å². The average Bonchev–Trinajstić information content (AvgIpc) is 2.69. The molecular weight excluding hydrogens is 405 g/mol. The lowest BCUT2D eigenvalue weighted by atomic mass is 9.96. The van der Waals surface area contributed by atoms with Gasteiger partial charge in [0.05, 0.1) is 10.6 Å². The van der Waals surface area contributed by atoms with Crippen LogP contribution in [-0.2, 0) is 14.6 Å². The highest BCUT2D eigenvalue weighted by Crippen LogP contribution is 2.33. The quantitative estimate of drug-likeness (QED) is 0.615. The molecule has 0 bridgehead atoms. The Morgan fingerprint density at radius 1 is 1.03 bits per heavy atom. The van der Waals surface area contributed by atoms with Gasteiger partial charge in [-0.1, -0.05) is 24.3 Å². The summed E-state index contributed by atoms with van der Waals surface area (Å²) in [5.41, 5.74) is 5.06. The van der Waals surface area contributed by atoms with Gasteiger partial charge in [0.1, 0.15) is 5.82 Å². The van der Waals surface area contributed by atoms with Crippen LogP contribution in [0.15, 0.2) is 65.6 Å². The van der Waals surface area contributed by atoms with E-state index in [1.54, 1.807) is 24.1 Å². The molecule has 0 aromatic heterocycles. The molecule has 0 aliphatic rings. The molecule has 0 unspecified atom stereocenters. The number of halogens is 1. The van der Waals surface area contributed by atoms with Crippen LogP contribution in [0, 0.1) is 19.7 Å². The summed E-state index contributed by atoms with van der Waals surface area (Å²) in [5, 5.41) is 8.76. The molecule has 3 aromatic rings. The zero-order valence-corrected chi connectivity index (χ0v) is 17.7. The van der Waals surface area contributed by atoms with Gasteiger partial charge in [-0.3, -0.25) is 4.79 Å². The Morgan fingerprint density at radius 2 is 1.70 bits per heavy atom. The number of sulfone groups is 1. The highest BCUT2D eigenvalue weighted by Gasteiger charge is 2.19. The van der Waals surface area contributed by atoms with E-state index in [1.165, 1.54) is 30.3 Å². The molecule has 0 aliphatic heterocycles. The summed E-state index contributed by atoms with van der Waals surface area (Å²) in [6, 6.07) is 16.6. The van der Waals surface area contributed by atoms with Crippen LogP contribution in [0.5, 0.6) is 0 Å². The molecule has 0 atom stereocenters. The van der Waals surface area contributed by atoms with Crippen molar-refractivity contribution >= 4 is 27.2 Å². The van der Waals surface area contributed by atoms with E-state index in [0.29, 0.717) is 11.4 Å². The third kappa shape index (κ3) is 4.36. The largest absolute Gasteiger partial charge is 0.480 e. The number of rotatable bonds is 6. The second-order valence-electron chi connectivity index (χ2n) is 7.12. The maximum Gasteiger partial charge on any atom is 0.319 e. The predicted molar refractivity (Wildman–Crippen MR) is 116 cm³/mol. The van der Waals surface area contributed by atoms with E-state index in [-0.39, 0.29) is 4.90 Å². The van der Waals surface area contributed by atoms with Crippen LogP contribution >= 0.6 is 0 Å². The molecule has 0 aliphatic carbocycles. The average molecular weight is 427 g/mol. The monoisotopic (exact) mass is 427 g/mol. The van der Waals surface area contributed by atoms with Gasteiger partial charge in [-0.05, 0) is 72.5 Å². The van der Waals surface area contributed by atoms with Crippen molar-refractivity contribution in [3.8, 4) is 11.1 Å². The Morgan fingerprint density at radius 3 is 2.33 bits per heavy atom. The summed E-state index contributed by atoms with van der Waals surface area (Å²) in [7, 11) is -2.23. The standard InChI is InChI=1S/C23H22FNO4S/c1-15-5-4-6-20(16(15)2)17-7-12-21(24)22(13-17)25(3)18-8-10-19(11-9-18)30(28,29)14-23(26)27/h4-13H,14H2,1-3H3,(H,26,27). The first-order chi connectivity index (χ1) is 14.1. The number of benzene rings is 3. The predicted octanol–water partition coefficient (Wildman–Crippen LogP) is 4.74. The number of carbonyl (C=O) groups is 1. The van der Waals surface area contributed by atoms with E-state index in [0.717, 1.165) is 22.3 Å². The summed E-state index contributed by atoms with van der Waals surface area (Å²) in [5.74, 6) is -2.80. The minimum absolute atomic E-state index is 0.0911. The normalized spacial score (nSPS) is 11.3. The third-order valence-electron chi connectivity index (χ3n) is 5.12. The van der Waals surface area contributed by atoms with Crippen molar-refractivity contribution in [1.82, 2.24) is 0 Å². The lowest BCUT2D eigenvalue weighted by molar-refractivity contribution is -0.134. The van der Waals surface area contributed by atoms with Gasteiger partial charge in [-0.15, -0.1) is 0 Å². The second kappa shape index (κ2) is 8.28. The molecule has 0 heterocycles. The zero-order valence-electron chi connectivity index (χ0n) is 16.9. The maximum absolute atomic E-state index is 14.6. The summed E-state index contributed by atoms with van der Waals surface area (Å²) >= 11 is 0. The Kier molecular flexibility index (Phi) is 5.94. The highest BCUT2D eigenvalue weighted by atomic mass is 32.2. The van der Waals surface area contributed by atoms with Gasteiger partial charge in [0.2, 0.25) is 0 Å². The van der Waals surface area contributed by atoms with E-state index in [2.05, 4.69) is 0 Å². The maximum atomic E-state index is 14.6. The molecule has 3 aromatic carbocycles. The zero-order chi connectivity index (χ0) is 22.1. The van der Waals surface area contributed by atoms with Crippen molar-refractivity contribution in [3.05, 3.63) is 77.6 Å². The minimum atomic E-state index is -3.92. The summed E-state index contributed by atoms with van der Waals surface area (Å²) in [6.07, 6.45) is 0. The molecule has 0 amide bonds. The minimum Gasteiger partial charge on any atom is -0.480 e. The number of hydrogen-bond acceptors (Lipinski definition) is 4. The molecule has 156 valence electrons. The van der Waals surface area contributed by atoms with E-state index < -0.39 is 27.4 Å². The van der Waals surface area contributed by atoms with Crippen molar-refractivity contribution in [2.24, 2.45) is 0 Å². The smallest absolute Gasteiger partial charge is 0.319 e. The molecule has 3 rings (SSSR count). The van der Waals surface area contributed by atoms with Crippen molar-refractivity contribution in [2.45, 2.75) is 18.7 Å². The number of carboxylic acids is 1. The van der Waals surface area contributed by atoms with E-state index in [1.807, 2.05) is 32.0 Å². The fraction of sp³-hybridized carbons (Fsp3) is 0.174. The topological polar surface area (TPSA) is 74.7 Å². The number of anilines is 2. The number of hydrogen-bond donors (Lipinski definition) is 1. The first-order valence-corrected chi connectivity index (χ1v) is 10.9. The van der Waals surface area contributed by atoms with E-state index in [9.17, 15) is 17.6 Å². The molecule has 0 spiro atoms. The van der Waals surface area contributed by atoms with E-state index in [4.69, 9.17) is 5.11 Å². The Bertz CT molecular complexity index is 1200. The fourth-order valence-corrected chi connectivity index (χ4v) is 4.31.